The number of hydrogen-bond donors (Lipinski definition) is 2. The van der Waals surface area contributed by atoms with Crippen molar-refractivity contribution in [3.05, 3.63) is 29.8 Å². The van der Waals surface area contributed by atoms with Crippen LogP contribution in [-0.2, 0) is 9.53 Å². The van der Waals surface area contributed by atoms with E-state index in [-0.39, 0.29) is 36.9 Å². The summed E-state index contributed by atoms with van der Waals surface area (Å²) in [5.41, 5.74) is 0.207. The molecule has 21 heavy (non-hydrogen) atoms. The van der Waals surface area contributed by atoms with Crippen LogP contribution >= 0.6 is 0 Å². The Morgan fingerprint density at radius 2 is 2.24 bits per heavy atom. The quantitative estimate of drug-likeness (QED) is 0.870. The minimum Gasteiger partial charge on any atom is -0.394 e. The number of benzene rings is 1. The lowest BCUT2D eigenvalue weighted by Gasteiger charge is -2.36. The standard InChI is InChI=1S/C14H18F2N2O3/c1-9-8-21-11(7-19)5-18(9)6-14(20)17-10-2-3-12(15)13(16)4-10/h2-4,9,11,19H,5-8H2,1H3,(H,17,20). The summed E-state index contributed by atoms with van der Waals surface area (Å²) in [5, 5.41) is 11.6. The number of morpholine rings is 1. The lowest BCUT2D eigenvalue weighted by Crippen LogP contribution is -2.51. The summed E-state index contributed by atoms with van der Waals surface area (Å²) in [6.45, 7) is 2.79. The first-order valence-corrected chi connectivity index (χ1v) is 6.71. The SMILES string of the molecule is CC1COC(CO)CN1CC(=O)Nc1ccc(F)c(F)c1. The summed E-state index contributed by atoms with van der Waals surface area (Å²) in [7, 11) is 0. The van der Waals surface area contributed by atoms with Crippen LogP contribution < -0.4 is 5.32 Å². The molecule has 2 atom stereocenters. The summed E-state index contributed by atoms with van der Waals surface area (Å²) < 4.78 is 31.3. The molecule has 1 aliphatic heterocycles. The number of rotatable bonds is 4. The van der Waals surface area contributed by atoms with Crippen molar-refractivity contribution in [2.75, 3.05) is 31.6 Å². The second-order valence-corrected chi connectivity index (χ2v) is 5.09. The van der Waals surface area contributed by atoms with E-state index in [2.05, 4.69) is 5.32 Å². The average molecular weight is 300 g/mol. The normalized spacial score (nSPS) is 23.0. The Morgan fingerprint density at radius 1 is 1.48 bits per heavy atom. The third-order valence-corrected chi connectivity index (χ3v) is 3.39. The van der Waals surface area contributed by atoms with Gasteiger partial charge in [-0.3, -0.25) is 9.69 Å². The van der Waals surface area contributed by atoms with E-state index in [0.717, 1.165) is 12.1 Å². The van der Waals surface area contributed by atoms with Crippen molar-refractivity contribution < 1.29 is 23.4 Å². The third-order valence-electron chi connectivity index (χ3n) is 3.39. The van der Waals surface area contributed by atoms with Gasteiger partial charge in [-0.1, -0.05) is 0 Å². The van der Waals surface area contributed by atoms with E-state index in [1.807, 2.05) is 11.8 Å². The summed E-state index contributed by atoms with van der Waals surface area (Å²) >= 11 is 0. The summed E-state index contributed by atoms with van der Waals surface area (Å²) in [4.78, 5) is 13.8. The zero-order valence-corrected chi connectivity index (χ0v) is 11.7. The fourth-order valence-electron chi connectivity index (χ4n) is 2.16. The Bertz CT molecular complexity index is 513. The van der Waals surface area contributed by atoms with Crippen LogP contribution in [0, 0.1) is 11.6 Å². The van der Waals surface area contributed by atoms with Gasteiger partial charge in [-0.25, -0.2) is 8.78 Å². The smallest absolute Gasteiger partial charge is 0.238 e. The molecule has 0 radical (unpaired) electrons. The van der Waals surface area contributed by atoms with E-state index in [1.165, 1.54) is 6.07 Å². The van der Waals surface area contributed by atoms with Crippen molar-refractivity contribution in [3.63, 3.8) is 0 Å². The van der Waals surface area contributed by atoms with Crippen LogP contribution in [0.4, 0.5) is 14.5 Å². The number of nitrogens with zero attached hydrogens (tertiary/aromatic N) is 1. The number of carbonyl (C=O) groups is 1. The molecule has 1 aromatic rings. The van der Waals surface area contributed by atoms with Crippen LogP contribution in [-0.4, -0.2) is 54.4 Å². The molecule has 2 rings (SSSR count). The predicted molar refractivity (Wildman–Crippen MR) is 72.8 cm³/mol. The first-order valence-electron chi connectivity index (χ1n) is 6.71. The fraction of sp³-hybridized carbons (Fsp3) is 0.500. The highest BCUT2D eigenvalue weighted by Gasteiger charge is 2.27. The molecule has 1 aromatic carbocycles. The maximum atomic E-state index is 13.1. The first-order chi connectivity index (χ1) is 9.99. The van der Waals surface area contributed by atoms with E-state index < -0.39 is 11.6 Å². The van der Waals surface area contributed by atoms with Gasteiger partial charge in [0, 0.05) is 24.3 Å². The van der Waals surface area contributed by atoms with E-state index in [1.54, 1.807) is 0 Å². The number of nitrogens with one attached hydrogen (secondary N) is 1. The molecule has 1 saturated heterocycles. The minimum atomic E-state index is -1.01. The lowest BCUT2D eigenvalue weighted by molar-refractivity contribution is -0.122. The Balaban J connectivity index is 1.92. The molecule has 0 aliphatic carbocycles. The van der Waals surface area contributed by atoms with Gasteiger partial charge in [-0.05, 0) is 19.1 Å². The van der Waals surface area contributed by atoms with Crippen molar-refractivity contribution >= 4 is 11.6 Å². The molecule has 0 spiro atoms. The number of carbonyl (C=O) groups excluding carboxylic acids is 1. The van der Waals surface area contributed by atoms with Gasteiger partial charge in [-0.2, -0.15) is 0 Å². The number of hydrogen-bond acceptors (Lipinski definition) is 4. The molecule has 1 aliphatic rings. The lowest BCUT2D eigenvalue weighted by atomic mass is 10.2. The van der Waals surface area contributed by atoms with Crippen LogP contribution in [0.2, 0.25) is 0 Å². The third kappa shape index (κ3) is 4.20. The van der Waals surface area contributed by atoms with Gasteiger partial charge in [-0.15, -0.1) is 0 Å². The highest BCUT2D eigenvalue weighted by Crippen LogP contribution is 2.14. The number of anilines is 1. The number of aliphatic hydroxyl groups excluding tert-OH is 1. The number of aliphatic hydroxyl groups is 1. The molecular formula is C14H18F2N2O3. The van der Waals surface area contributed by atoms with E-state index in [4.69, 9.17) is 9.84 Å². The van der Waals surface area contributed by atoms with Crippen molar-refractivity contribution in [2.45, 2.75) is 19.1 Å². The molecule has 2 N–H and O–H groups in total. The molecule has 1 heterocycles. The topological polar surface area (TPSA) is 61.8 Å². The summed E-state index contributed by atoms with van der Waals surface area (Å²) in [6, 6.07) is 3.25. The van der Waals surface area contributed by atoms with Gasteiger partial charge in [0.25, 0.3) is 0 Å². The number of halogens is 2. The van der Waals surface area contributed by atoms with Gasteiger partial charge >= 0.3 is 0 Å². The van der Waals surface area contributed by atoms with Crippen LogP contribution in [0.15, 0.2) is 18.2 Å². The Kier molecular flexibility index (Phi) is 5.22. The summed E-state index contributed by atoms with van der Waals surface area (Å²) in [6.07, 6.45) is -0.308. The van der Waals surface area contributed by atoms with Crippen LogP contribution in [0.5, 0.6) is 0 Å². The molecule has 0 saturated carbocycles. The molecule has 5 nitrogen and oxygen atoms in total. The maximum absolute atomic E-state index is 13.1. The second-order valence-electron chi connectivity index (χ2n) is 5.09. The van der Waals surface area contributed by atoms with Crippen molar-refractivity contribution in [2.24, 2.45) is 0 Å². The zero-order chi connectivity index (χ0) is 15.4. The van der Waals surface area contributed by atoms with Gasteiger partial charge in [0.2, 0.25) is 5.91 Å². The highest BCUT2D eigenvalue weighted by atomic mass is 19.2. The van der Waals surface area contributed by atoms with Crippen LogP contribution in [0.1, 0.15) is 6.92 Å². The molecular weight excluding hydrogens is 282 g/mol. The second kappa shape index (κ2) is 6.93. The average Bonchev–Trinajstić information content (AvgIpc) is 2.45. The largest absolute Gasteiger partial charge is 0.394 e. The molecule has 2 unspecified atom stereocenters. The predicted octanol–water partition coefficient (Wildman–Crippen LogP) is 0.985. The van der Waals surface area contributed by atoms with E-state index >= 15 is 0 Å². The van der Waals surface area contributed by atoms with Crippen LogP contribution in [0.25, 0.3) is 0 Å². The van der Waals surface area contributed by atoms with Gasteiger partial charge in [0.05, 0.1) is 25.9 Å². The van der Waals surface area contributed by atoms with Crippen molar-refractivity contribution in [1.29, 1.82) is 0 Å². The monoisotopic (exact) mass is 300 g/mol. The van der Waals surface area contributed by atoms with E-state index in [0.29, 0.717) is 13.2 Å². The van der Waals surface area contributed by atoms with Crippen molar-refractivity contribution in [1.82, 2.24) is 4.90 Å². The van der Waals surface area contributed by atoms with Gasteiger partial charge < -0.3 is 15.2 Å². The van der Waals surface area contributed by atoms with Crippen molar-refractivity contribution in [3.8, 4) is 0 Å². The van der Waals surface area contributed by atoms with Gasteiger partial charge in [0.1, 0.15) is 0 Å². The number of ether oxygens (including phenoxy) is 1. The minimum absolute atomic E-state index is 0.0449. The Hall–Kier alpha value is -1.57. The number of amides is 1. The summed E-state index contributed by atoms with van der Waals surface area (Å²) in [5.74, 6) is -2.29. The van der Waals surface area contributed by atoms with Crippen LogP contribution in [0.3, 0.4) is 0 Å². The fourth-order valence-corrected chi connectivity index (χ4v) is 2.16. The molecule has 116 valence electrons. The first kappa shape index (κ1) is 15.8. The van der Waals surface area contributed by atoms with E-state index in [9.17, 15) is 13.6 Å². The zero-order valence-electron chi connectivity index (χ0n) is 11.7. The highest BCUT2D eigenvalue weighted by molar-refractivity contribution is 5.92. The Morgan fingerprint density at radius 3 is 2.90 bits per heavy atom. The molecule has 1 fully saturated rings. The molecule has 0 aromatic heterocycles. The molecule has 0 bridgehead atoms. The molecule has 7 heteroatoms. The maximum Gasteiger partial charge on any atom is 0.238 e. The molecule has 1 amide bonds. The Labute approximate surface area is 121 Å². The van der Waals surface area contributed by atoms with Gasteiger partial charge in [0.15, 0.2) is 11.6 Å².